The van der Waals surface area contributed by atoms with Crippen molar-refractivity contribution in [3.05, 3.63) is 18.3 Å². The van der Waals surface area contributed by atoms with Gasteiger partial charge in [-0.15, -0.1) is 0 Å². The van der Waals surface area contributed by atoms with Crippen LogP contribution in [0.4, 0.5) is 5.69 Å². The first-order valence-corrected chi connectivity index (χ1v) is 7.28. The van der Waals surface area contributed by atoms with E-state index in [-0.39, 0.29) is 6.10 Å². The van der Waals surface area contributed by atoms with Gasteiger partial charge in [0, 0.05) is 17.5 Å². The smallest absolute Gasteiger partial charge is 0.237 e. The molecule has 1 aromatic rings. The second kappa shape index (κ2) is 5.17. The molecule has 2 rings (SSSR count). The Kier molecular flexibility index (Phi) is 3.82. The van der Waals surface area contributed by atoms with Crippen molar-refractivity contribution in [2.45, 2.75) is 37.5 Å². The lowest BCUT2D eigenvalue weighted by molar-refractivity contribution is 0.234. The van der Waals surface area contributed by atoms with E-state index in [4.69, 9.17) is 4.74 Å². The first-order chi connectivity index (χ1) is 8.15. The molecule has 1 aliphatic rings. The second-order valence-corrected chi connectivity index (χ2v) is 6.04. The number of hydrogen-bond acceptors (Lipinski definition) is 4. The van der Waals surface area contributed by atoms with Crippen molar-refractivity contribution in [1.82, 2.24) is 4.98 Å². The molecule has 17 heavy (non-hydrogen) atoms. The SMILES string of the molecule is CSC1(CNc2cccnc2OC(C)C)CC1. The lowest BCUT2D eigenvalue weighted by Gasteiger charge is -2.17. The average molecular weight is 252 g/mol. The summed E-state index contributed by atoms with van der Waals surface area (Å²) in [6.07, 6.45) is 6.72. The first kappa shape index (κ1) is 12.6. The molecule has 0 aliphatic heterocycles. The van der Waals surface area contributed by atoms with E-state index in [1.165, 1.54) is 12.8 Å². The number of pyridine rings is 1. The molecule has 0 aromatic carbocycles. The summed E-state index contributed by atoms with van der Waals surface area (Å²) in [6.45, 7) is 5.03. The van der Waals surface area contributed by atoms with Gasteiger partial charge in [0.2, 0.25) is 5.88 Å². The van der Waals surface area contributed by atoms with E-state index in [1.54, 1.807) is 6.20 Å². The van der Waals surface area contributed by atoms with Crippen LogP contribution < -0.4 is 10.1 Å². The fourth-order valence-corrected chi connectivity index (χ4v) is 2.42. The van der Waals surface area contributed by atoms with Crippen molar-refractivity contribution in [3.8, 4) is 5.88 Å². The number of hydrogen-bond donors (Lipinski definition) is 1. The Morgan fingerprint density at radius 1 is 1.53 bits per heavy atom. The molecule has 1 N–H and O–H groups in total. The first-order valence-electron chi connectivity index (χ1n) is 6.06. The molecule has 1 saturated carbocycles. The minimum Gasteiger partial charge on any atom is -0.473 e. The van der Waals surface area contributed by atoms with Gasteiger partial charge in [0.05, 0.1) is 11.8 Å². The number of nitrogens with zero attached hydrogens (tertiary/aromatic N) is 1. The van der Waals surface area contributed by atoms with E-state index in [1.807, 2.05) is 37.7 Å². The standard InChI is InChI=1S/C13H20N2OS/c1-10(2)16-12-11(5-4-8-14-12)15-9-13(17-3)6-7-13/h4-5,8,10,15H,6-7,9H2,1-3H3. The van der Waals surface area contributed by atoms with Crippen LogP contribution in [0.25, 0.3) is 0 Å². The molecule has 1 fully saturated rings. The molecule has 1 aromatic heterocycles. The van der Waals surface area contributed by atoms with E-state index in [9.17, 15) is 0 Å². The van der Waals surface area contributed by atoms with Crippen LogP contribution >= 0.6 is 11.8 Å². The Labute approximate surface area is 107 Å². The average Bonchev–Trinajstić information content (AvgIpc) is 3.08. The molecular weight excluding hydrogens is 232 g/mol. The van der Waals surface area contributed by atoms with Gasteiger partial charge < -0.3 is 10.1 Å². The van der Waals surface area contributed by atoms with Crippen molar-refractivity contribution >= 4 is 17.4 Å². The summed E-state index contributed by atoms with van der Waals surface area (Å²) in [5.74, 6) is 0.708. The summed E-state index contributed by atoms with van der Waals surface area (Å²) in [6, 6.07) is 3.97. The van der Waals surface area contributed by atoms with Gasteiger partial charge in [-0.3, -0.25) is 0 Å². The van der Waals surface area contributed by atoms with E-state index < -0.39 is 0 Å². The zero-order valence-corrected chi connectivity index (χ0v) is 11.5. The maximum atomic E-state index is 5.68. The number of rotatable bonds is 6. The molecule has 1 aliphatic carbocycles. The van der Waals surface area contributed by atoms with Crippen molar-refractivity contribution in [1.29, 1.82) is 0 Å². The molecule has 0 unspecified atom stereocenters. The van der Waals surface area contributed by atoms with Crippen LogP contribution in [0.5, 0.6) is 5.88 Å². The maximum absolute atomic E-state index is 5.68. The predicted molar refractivity (Wildman–Crippen MR) is 74.0 cm³/mol. The van der Waals surface area contributed by atoms with Crippen molar-refractivity contribution in [2.75, 3.05) is 18.1 Å². The molecule has 4 heteroatoms. The molecule has 0 radical (unpaired) electrons. The van der Waals surface area contributed by atoms with Crippen LogP contribution in [-0.2, 0) is 0 Å². The van der Waals surface area contributed by atoms with Crippen molar-refractivity contribution in [2.24, 2.45) is 0 Å². The fourth-order valence-electron chi connectivity index (χ4n) is 1.69. The zero-order valence-electron chi connectivity index (χ0n) is 10.7. The highest BCUT2D eigenvalue weighted by Crippen LogP contribution is 2.47. The van der Waals surface area contributed by atoms with Crippen LogP contribution in [0.1, 0.15) is 26.7 Å². The molecule has 0 spiro atoms. The van der Waals surface area contributed by atoms with Crippen LogP contribution in [0.3, 0.4) is 0 Å². The number of nitrogens with one attached hydrogen (secondary N) is 1. The van der Waals surface area contributed by atoms with Gasteiger partial charge >= 0.3 is 0 Å². The minimum absolute atomic E-state index is 0.154. The Balaban J connectivity index is 1.99. The number of thioether (sulfide) groups is 1. The van der Waals surface area contributed by atoms with Gasteiger partial charge in [-0.1, -0.05) is 0 Å². The highest BCUT2D eigenvalue weighted by molar-refractivity contribution is 8.00. The molecule has 0 amide bonds. The monoisotopic (exact) mass is 252 g/mol. The fraction of sp³-hybridized carbons (Fsp3) is 0.615. The Morgan fingerprint density at radius 2 is 2.29 bits per heavy atom. The predicted octanol–water partition coefficient (Wildman–Crippen LogP) is 3.18. The Hall–Kier alpha value is -0.900. The van der Waals surface area contributed by atoms with Crippen LogP contribution in [0.15, 0.2) is 18.3 Å². The highest BCUT2D eigenvalue weighted by Gasteiger charge is 2.41. The van der Waals surface area contributed by atoms with Crippen LogP contribution in [0, 0.1) is 0 Å². The highest BCUT2D eigenvalue weighted by atomic mass is 32.2. The quantitative estimate of drug-likeness (QED) is 0.843. The molecule has 0 atom stereocenters. The van der Waals surface area contributed by atoms with E-state index >= 15 is 0 Å². The zero-order chi connectivity index (χ0) is 12.3. The molecule has 0 saturated heterocycles. The van der Waals surface area contributed by atoms with Crippen LogP contribution in [-0.4, -0.2) is 28.6 Å². The molecule has 3 nitrogen and oxygen atoms in total. The van der Waals surface area contributed by atoms with Gasteiger partial charge in [-0.2, -0.15) is 11.8 Å². The Bertz CT molecular complexity index is 377. The lowest BCUT2D eigenvalue weighted by atomic mass is 10.3. The summed E-state index contributed by atoms with van der Waals surface area (Å²) in [7, 11) is 0. The van der Waals surface area contributed by atoms with Crippen molar-refractivity contribution in [3.63, 3.8) is 0 Å². The van der Waals surface area contributed by atoms with Gasteiger partial charge in [-0.05, 0) is 45.1 Å². The molecule has 94 valence electrons. The van der Waals surface area contributed by atoms with Gasteiger partial charge in [0.1, 0.15) is 0 Å². The second-order valence-electron chi connectivity index (χ2n) is 4.76. The number of aromatic nitrogens is 1. The molecule has 1 heterocycles. The summed E-state index contributed by atoms with van der Waals surface area (Å²) >= 11 is 1.95. The summed E-state index contributed by atoms with van der Waals surface area (Å²) < 4.78 is 6.13. The summed E-state index contributed by atoms with van der Waals surface area (Å²) in [5, 5.41) is 3.46. The number of anilines is 1. The van der Waals surface area contributed by atoms with E-state index in [0.717, 1.165) is 12.2 Å². The Morgan fingerprint density at radius 3 is 2.88 bits per heavy atom. The molecule has 0 bridgehead atoms. The minimum atomic E-state index is 0.154. The third-order valence-electron chi connectivity index (χ3n) is 2.96. The maximum Gasteiger partial charge on any atom is 0.237 e. The topological polar surface area (TPSA) is 34.2 Å². The lowest BCUT2D eigenvalue weighted by Crippen LogP contribution is -2.18. The van der Waals surface area contributed by atoms with Gasteiger partial charge in [-0.25, -0.2) is 4.98 Å². The van der Waals surface area contributed by atoms with Gasteiger partial charge in [0.25, 0.3) is 0 Å². The van der Waals surface area contributed by atoms with E-state index in [2.05, 4.69) is 16.6 Å². The van der Waals surface area contributed by atoms with E-state index in [0.29, 0.717) is 10.6 Å². The van der Waals surface area contributed by atoms with Crippen molar-refractivity contribution < 1.29 is 4.74 Å². The van der Waals surface area contributed by atoms with Crippen LogP contribution in [0.2, 0.25) is 0 Å². The largest absolute Gasteiger partial charge is 0.473 e. The van der Waals surface area contributed by atoms with Gasteiger partial charge in [0.15, 0.2) is 0 Å². The normalized spacial score (nSPS) is 16.9. The summed E-state index contributed by atoms with van der Waals surface area (Å²) in [5.41, 5.74) is 1.00. The number of ether oxygens (including phenoxy) is 1. The molecular formula is C13H20N2OS. The third kappa shape index (κ3) is 3.28. The third-order valence-corrected chi connectivity index (χ3v) is 4.38. The summed E-state index contributed by atoms with van der Waals surface area (Å²) in [4.78, 5) is 4.27.